The fraction of sp³-hybridized carbons (Fsp3) is 0.333. The van der Waals surface area contributed by atoms with Crippen molar-refractivity contribution in [2.75, 3.05) is 11.9 Å². The van der Waals surface area contributed by atoms with Gasteiger partial charge in [-0.1, -0.05) is 0 Å². The number of rotatable bonds is 3. The second-order valence-corrected chi connectivity index (χ2v) is 5.16. The Balaban J connectivity index is 1.76. The van der Waals surface area contributed by atoms with E-state index in [1.165, 1.54) is 17.5 Å². The van der Waals surface area contributed by atoms with Crippen molar-refractivity contribution in [1.29, 1.82) is 0 Å². The Morgan fingerprint density at radius 1 is 1.47 bits per heavy atom. The van der Waals surface area contributed by atoms with Crippen LogP contribution in [0, 0.1) is 0 Å². The predicted octanol–water partition coefficient (Wildman–Crippen LogP) is 1.61. The molecule has 98 valence electrons. The van der Waals surface area contributed by atoms with Gasteiger partial charge in [0.25, 0.3) is 5.91 Å². The number of hydrogen-bond acceptors (Lipinski definition) is 6. The molecule has 19 heavy (non-hydrogen) atoms. The van der Waals surface area contributed by atoms with Gasteiger partial charge in [-0.25, -0.2) is 9.97 Å². The van der Waals surface area contributed by atoms with Crippen LogP contribution in [-0.2, 0) is 0 Å². The maximum Gasteiger partial charge on any atom is 0.277 e. The Morgan fingerprint density at radius 3 is 3.16 bits per heavy atom. The Morgan fingerprint density at radius 2 is 2.42 bits per heavy atom. The highest BCUT2D eigenvalue weighted by Gasteiger charge is 2.19. The van der Waals surface area contributed by atoms with E-state index in [0.717, 1.165) is 25.1 Å². The quantitative estimate of drug-likeness (QED) is 0.889. The first-order chi connectivity index (χ1) is 9.33. The van der Waals surface area contributed by atoms with E-state index in [9.17, 15) is 4.79 Å². The smallest absolute Gasteiger partial charge is 0.277 e. The lowest BCUT2D eigenvalue weighted by Gasteiger charge is -2.09. The zero-order valence-corrected chi connectivity index (χ0v) is 11.0. The van der Waals surface area contributed by atoms with Crippen molar-refractivity contribution in [3.05, 3.63) is 35.4 Å². The summed E-state index contributed by atoms with van der Waals surface area (Å²) in [5, 5.41) is 8.41. The SMILES string of the molecule is O=C(Nc1nccs1)c1cncc(C2CCCN2)n1. The summed E-state index contributed by atoms with van der Waals surface area (Å²) in [7, 11) is 0. The Hall–Kier alpha value is -1.86. The highest BCUT2D eigenvalue weighted by Crippen LogP contribution is 2.20. The summed E-state index contributed by atoms with van der Waals surface area (Å²) in [6, 6.07) is 0.208. The van der Waals surface area contributed by atoms with Gasteiger partial charge in [-0.05, 0) is 19.4 Å². The van der Waals surface area contributed by atoms with Gasteiger partial charge in [-0.2, -0.15) is 0 Å². The molecule has 0 bridgehead atoms. The minimum absolute atomic E-state index is 0.208. The van der Waals surface area contributed by atoms with E-state index < -0.39 is 0 Å². The molecule has 2 aromatic heterocycles. The van der Waals surface area contributed by atoms with Gasteiger partial charge < -0.3 is 5.32 Å². The molecule has 1 aliphatic heterocycles. The summed E-state index contributed by atoms with van der Waals surface area (Å²) in [4.78, 5) is 24.5. The van der Waals surface area contributed by atoms with Crippen molar-refractivity contribution in [2.45, 2.75) is 18.9 Å². The molecule has 1 unspecified atom stereocenters. The number of amides is 1. The fourth-order valence-corrected chi connectivity index (χ4v) is 2.57. The summed E-state index contributed by atoms with van der Waals surface area (Å²) >= 11 is 1.37. The molecule has 3 heterocycles. The minimum atomic E-state index is -0.276. The van der Waals surface area contributed by atoms with E-state index in [1.807, 2.05) is 0 Å². The molecule has 3 rings (SSSR count). The van der Waals surface area contributed by atoms with Gasteiger partial charge in [-0.15, -0.1) is 11.3 Å². The summed E-state index contributed by atoms with van der Waals surface area (Å²) in [5.74, 6) is -0.276. The van der Waals surface area contributed by atoms with E-state index in [4.69, 9.17) is 0 Å². The third kappa shape index (κ3) is 2.77. The van der Waals surface area contributed by atoms with Crippen LogP contribution in [0.2, 0.25) is 0 Å². The lowest BCUT2D eigenvalue weighted by Crippen LogP contribution is -2.18. The minimum Gasteiger partial charge on any atom is -0.309 e. The van der Waals surface area contributed by atoms with Gasteiger partial charge in [0, 0.05) is 11.6 Å². The molecule has 1 fully saturated rings. The zero-order valence-electron chi connectivity index (χ0n) is 10.2. The molecule has 2 aromatic rings. The van der Waals surface area contributed by atoms with Gasteiger partial charge in [0.15, 0.2) is 5.13 Å². The predicted molar refractivity (Wildman–Crippen MR) is 72.1 cm³/mol. The Kier molecular flexibility index (Phi) is 3.47. The standard InChI is InChI=1S/C12H13N5OS/c18-11(17-12-15-4-5-19-12)10-7-13-6-9(16-10)8-2-1-3-14-8/h4-8,14H,1-3H2,(H,15,17,18). The molecule has 0 aliphatic carbocycles. The van der Waals surface area contributed by atoms with Crippen molar-refractivity contribution in [3.8, 4) is 0 Å². The summed E-state index contributed by atoms with van der Waals surface area (Å²) < 4.78 is 0. The number of hydrogen-bond donors (Lipinski definition) is 2. The van der Waals surface area contributed by atoms with Gasteiger partial charge in [0.1, 0.15) is 5.69 Å². The van der Waals surface area contributed by atoms with Crippen LogP contribution in [-0.4, -0.2) is 27.4 Å². The van der Waals surface area contributed by atoms with Crippen LogP contribution in [0.1, 0.15) is 35.1 Å². The largest absolute Gasteiger partial charge is 0.309 e. The van der Waals surface area contributed by atoms with Crippen LogP contribution >= 0.6 is 11.3 Å². The van der Waals surface area contributed by atoms with Gasteiger partial charge >= 0.3 is 0 Å². The molecule has 0 spiro atoms. The van der Waals surface area contributed by atoms with Crippen molar-refractivity contribution < 1.29 is 4.79 Å². The second kappa shape index (κ2) is 5.41. The van der Waals surface area contributed by atoms with Crippen molar-refractivity contribution in [3.63, 3.8) is 0 Å². The summed E-state index contributed by atoms with van der Waals surface area (Å²) in [6.45, 7) is 0.988. The number of aromatic nitrogens is 3. The first-order valence-electron chi connectivity index (χ1n) is 6.09. The van der Waals surface area contributed by atoms with E-state index in [0.29, 0.717) is 10.8 Å². The first kappa shape index (κ1) is 12.2. The average molecular weight is 275 g/mol. The highest BCUT2D eigenvalue weighted by molar-refractivity contribution is 7.13. The monoisotopic (exact) mass is 275 g/mol. The maximum atomic E-state index is 12.0. The molecule has 6 nitrogen and oxygen atoms in total. The first-order valence-corrected chi connectivity index (χ1v) is 6.97. The molecule has 2 N–H and O–H groups in total. The van der Waals surface area contributed by atoms with Crippen LogP contribution in [0.5, 0.6) is 0 Å². The highest BCUT2D eigenvalue weighted by atomic mass is 32.1. The number of anilines is 1. The fourth-order valence-electron chi connectivity index (χ4n) is 2.04. The molecular weight excluding hydrogens is 262 g/mol. The van der Waals surface area contributed by atoms with Crippen LogP contribution in [0.4, 0.5) is 5.13 Å². The molecule has 1 saturated heterocycles. The molecule has 1 atom stereocenters. The third-order valence-electron chi connectivity index (χ3n) is 2.96. The number of nitrogens with one attached hydrogen (secondary N) is 2. The van der Waals surface area contributed by atoms with Gasteiger partial charge in [0.2, 0.25) is 0 Å². The third-order valence-corrected chi connectivity index (χ3v) is 3.64. The van der Waals surface area contributed by atoms with E-state index in [-0.39, 0.29) is 11.9 Å². The maximum absolute atomic E-state index is 12.0. The van der Waals surface area contributed by atoms with E-state index in [2.05, 4.69) is 25.6 Å². The van der Waals surface area contributed by atoms with Crippen molar-refractivity contribution >= 4 is 22.4 Å². The Labute approximate surface area is 114 Å². The normalized spacial score (nSPS) is 18.4. The zero-order chi connectivity index (χ0) is 13.1. The van der Waals surface area contributed by atoms with Crippen LogP contribution in [0.15, 0.2) is 24.0 Å². The molecule has 0 saturated carbocycles. The van der Waals surface area contributed by atoms with Crippen molar-refractivity contribution in [2.24, 2.45) is 0 Å². The van der Waals surface area contributed by atoms with Crippen LogP contribution < -0.4 is 10.6 Å². The molecule has 0 aromatic carbocycles. The lowest BCUT2D eigenvalue weighted by molar-refractivity contribution is 0.102. The summed E-state index contributed by atoms with van der Waals surface area (Å²) in [5.41, 5.74) is 1.14. The topological polar surface area (TPSA) is 79.8 Å². The molecular formula is C12H13N5OS. The van der Waals surface area contributed by atoms with Crippen molar-refractivity contribution in [1.82, 2.24) is 20.3 Å². The van der Waals surface area contributed by atoms with E-state index in [1.54, 1.807) is 17.8 Å². The summed E-state index contributed by atoms with van der Waals surface area (Å²) in [6.07, 6.45) is 6.99. The molecule has 0 radical (unpaired) electrons. The molecule has 1 aliphatic rings. The number of carbonyl (C=O) groups is 1. The Bertz CT molecular complexity index is 565. The van der Waals surface area contributed by atoms with E-state index >= 15 is 0 Å². The molecule has 1 amide bonds. The number of thiazole rings is 1. The number of carbonyl (C=O) groups excluding carboxylic acids is 1. The van der Waals surface area contributed by atoms with Gasteiger partial charge in [0.05, 0.1) is 24.1 Å². The molecule has 7 heteroatoms. The second-order valence-electron chi connectivity index (χ2n) is 4.27. The average Bonchev–Trinajstić information content (AvgIpc) is 3.12. The lowest BCUT2D eigenvalue weighted by atomic mass is 10.2. The van der Waals surface area contributed by atoms with Gasteiger partial charge in [-0.3, -0.25) is 15.1 Å². The van der Waals surface area contributed by atoms with Crippen LogP contribution in [0.3, 0.4) is 0 Å². The van der Waals surface area contributed by atoms with Crippen LogP contribution in [0.25, 0.3) is 0 Å². The number of nitrogens with zero attached hydrogens (tertiary/aromatic N) is 3.